The minimum atomic E-state index is -1.08. The van der Waals surface area contributed by atoms with Gasteiger partial charge in [-0.05, 0) is 70.0 Å². The summed E-state index contributed by atoms with van der Waals surface area (Å²) in [4.78, 5) is 36.4. The lowest BCUT2D eigenvalue weighted by atomic mass is 10.2. The fourth-order valence-electron chi connectivity index (χ4n) is 3.61. The van der Waals surface area contributed by atoms with E-state index in [-0.39, 0.29) is 6.04 Å². The van der Waals surface area contributed by atoms with Gasteiger partial charge in [-0.2, -0.15) is 0 Å². The topological polar surface area (TPSA) is 89.4 Å². The number of nitrogens with zero attached hydrogens (tertiary/aromatic N) is 1. The SMILES string of the molecule is Cc1ccc(C)n1-c1ccc(C(=O)O[C@H](C)C(=O)NC(=O)NC2CCCC2)cc1. The Morgan fingerprint density at radius 2 is 1.59 bits per heavy atom. The van der Waals surface area contributed by atoms with Gasteiger partial charge in [-0.25, -0.2) is 9.59 Å². The Kier molecular flexibility index (Phi) is 6.36. The van der Waals surface area contributed by atoms with Gasteiger partial charge in [0, 0.05) is 23.1 Å². The maximum Gasteiger partial charge on any atom is 0.338 e. The molecule has 1 atom stereocenters. The number of aromatic nitrogens is 1. The zero-order valence-corrected chi connectivity index (χ0v) is 17.0. The average Bonchev–Trinajstić information content (AvgIpc) is 3.31. The number of benzene rings is 1. The van der Waals surface area contributed by atoms with Crippen molar-refractivity contribution in [1.29, 1.82) is 0 Å². The Hall–Kier alpha value is -3.09. The molecule has 7 nitrogen and oxygen atoms in total. The van der Waals surface area contributed by atoms with Crippen molar-refractivity contribution < 1.29 is 19.1 Å². The molecule has 1 aromatic heterocycles. The van der Waals surface area contributed by atoms with E-state index in [4.69, 9.17) is 4.74 Å². The first-order valence-corrected chi connectivity index (χ1v) is 9.93. The minimum Gasteiger partial charge on any atom is -0.449 e. The van der Waals surface area contributed by atoms with Crippen molar-refractivity contribution in [2.75, 3.05) is 0 Å². The molecular formula is C22H27N3O4. The van der Waals surface area contributed by atoms with Crippen LogP contribution < -0.4 is 10.6 Å². The summed E-state index contributed by atoms with van der Waals surface area (Å²) < 4.78 is 7.29. The number of imide groups is 1. The highest BCUT2D eigenvalue weighted by atomic mass is 16.5. The van der Waals surface area contributed by atoms with E-state index in [2.05, 4.69) is 15.2 Å². The summed E-state index contributed by atoms with van der Waals surface area (Å²) >= 11 is 0. The number of hydrogen-bond donors (Lipinski definition) is 2. The second-order valence-electron chi connectivity index (χ2n) is 7.49. The molecular weight excluding hydrogens is 370 g/mol. The molecule has 7 heteroatoms. The first-order valence-electron chi connectivity index (χ1n) is 9.93. The minimum absolute atomic E-state index is 0.103. The molecule has 1 heterocycles. The highest BCUT2D eigenvalue weighted by Crippen LogP contribution is 2.18. The number of esters is 1. The van der Waals surface area contributed by atoms with Gasteiger partial charge >= 0.3 is 12.0 Å². The maximum absolute atomic E-state index is 12.3. The van der Waals surface area contributed by atoms with Gasteiger partial charge in [0.05, 0.1) is 5.56 Å². The molecule has 3 amide bonds. The standard InChI is InChI=1S/C22H27N3O4/c1-14-8-9-15(2)25(14)19-12-10-17(11-13-19)21(27)29-16(3)20(26)24-22(28)23-18-6-4-5-7-18/h8-13,16,18H,4-7H2,1-3H3,(H2,23,24,26,28)/t16-/m1/s1. The number of carbonyl (C=O) groups is 3. The molecule has 0 radical (unpaired) electrons. The lowest BCUT2D eigenvalue weighted by molar-refractivity contribution is -0.127. The van der Waals surface area contributed by atoms with Gasteiger partial charge in [0.2, 0.25) is 0 Å². The van der Waals surface area contributed by atoms with Crippen molar-refractivity contribution in [2.45, 2.75) is 58.6 Å². The number of aryl methyl sites for hydroxylation is 2. The van der Waals surface area contributed by atoms with Crippen LogP contribution in [0.25, 0.3) is 5.69 Å². The molecule has 0 aliphatic heterocycles. The largest absolute Gasteiger partial charge is 0.449 e. The summed E-state index contributed by atoms with van der Waals surface area (Å²) in [5.74, 6) is -1.26. The van der Waals surface area contributed by atoms with E-state index in [1.54, 1.807) is 12.1 Å². The van der Waals surface area contributed by atoms with Crippen molar-refractivity contribution in [2.24, 2.45) is 0 Å². The van der Waals surface area contributed by atoms with Crippen LogP contribution in [0.4, 0.5) is 4.79 Å². The number of rotatable bonds is 5. The smallest absolute Gasteiger partial charge is 0.338 e. The summed E-state index contributed by atoms with van der Waals surface area (Å²) in [6.07, 6.45) is 2.92. The number of ether oxygens (including phenoxy) is 1. The summed E-state index contributed by atoms with van der Waals surface area (Å²) in [7, 11) is 0. The molecule has 154 valence electrons. The molecule has 1 aliphatic carbocycles. The molecule has 2 N–H and O–H groups in total. The lowest BCUT2D eigenvalue weighted by Gasteiger charge is -2.16. The van der Waals surface area contributed by atoms with Gasteiger partial charge in [0.25, 0.3) is 5.91 Å². The number of urea groups is 1. The second-order valence-corrected chi connectivity index (χ2v) is 7.49. The van der Waals surface area contributed by atoms with Gasteiger partial charge in [0.1, 0.15) is 0 Å². The zero-order valence-electron chi connectivity index (χ0n) is 17.0. The molecule has 0 unspecified atom stereocenters. The van der Waals surface area contributed by atoms with E-state index < -0.39 is 24.0 Å². The van der Waals surface area contributed by atoms with E-state index in [1.165, 1.54) is 6.92 Å². The van der Waals surface area contributed by atoms with E-state index in [1.807, 2.05) is 38.1 Å². The fraction of sp³-hybridized carbons (Fsp3) is 0.409. The summed E-state index contributed by atoms with van der Waals surface area (Å²) in [6.45, 7) is 5.47. The van der Waals surface area contributed by atoms with Crippen LogP contribution in [-0.2, 0) is 9.53 Å². The van der Waals surface area contributed by atoms with E-state index in [9.17, 15) is 14.4 Å². The Labute approximate surface area is 170 Å². The predicted molar refractivity (Wildman–Crippen MR) is 109 cm³/mol. The van der Waals surface area contributed by atoms with Crippen LogP contribution in [0.1, 0.15) is 54.4 Å². The highest BCUT2D eigenvalue weighted by molar-refractivity contribution is 5.98. The van der Waals surface area contributed by atoms with Crippen LogP contribution in [-0.4, -0.2) is 34.6 Å². The Morgan fingerprint density at radius 3 is 2.17 bits per heavy atom. The Bertz CT molecular complexity index is 876. The number of amides is 3. The fourth-order valence-corrected chi connectivity index (χ4v) is 3.61. The quantitative estimate of drug-likeness (QED) is 0.757. The van der Waals surface area contributed by atoms with Crippen molar-refractivity contribution in [3.63, 3.8) is 0 Å². The number of hydrogen-bond acceptors (Lipinski definition) is 4. The maximum atomic E-state index is 12.3. The van der Waals surface area contributed by atoms with Crippen molar-refractivity contribution in [3.8, 4) is 5.69 Å². The van der Waals surface area contributed by atoms with Gasteiger partial charge in [-0.1, -0.05) is 12.8 Å². The molecule has 1 aromatic carbocycles. The summed E-state index contributed by atoms with van der Waals surface area (Å²) in [5.41, 5.74) is 3.47. The van der Waals surface area contributed by atoms with Crippen LogP contribution in [0.2, 0.25) is 0 Å². The molecule has 2 aromatic rings. The summed E-state index contributed by atoms with van der Waals surface area (Å²) in [5, 5.41) is 5.00. The molecule has 1 fully saturated rings. The van der Waals surface area contributed by atoms with Gasteiger partial charge in [-0.3, -0.25) is 10.1 Å². The molecule has 0 spiro atoms. The molecule has 1 aliphatic rings. The normalized spacial score (nSPS) is 15.0. The van der Waals surface area contributed by atoms with Crippen molar-refractivity contribution in [1.82, 2.24) is 15.2 Å². The molecule has 0 bridgehead atoms. The van der Waals surface area contributed by atoms with Crippen molar-refractivity contribution in [3.05, 3.63) is 53.3 Å². The third-order valence-corrected chi connectivity index (χ3v) is 5.21. The van der Waals surface area contributed by atoms with E-state index in [0.717, 1.165) is 42.8 Å². The summed E-state index contributed by atoms with van der Waals surface area (Å²) in [6, 6.07) is 10.6. The van der Waals surface area contributed by atoms with Gasteiger partial charge < -0.3 is 14.6 Å². The Morgan fingerprint density at radius 1 is 1.00 bits per heavy atom. The van der Waals surface area contributed by atoms with Crippen LogP contribution >= 0.6 is 0 Å². The average molecular weight is 397 g/mol. The third-order valence-electron chi connectivity index (χ3n) is 5.21. The van der Waals surface area contributed by atoms with E-state index in [0.29, 0.717) is 5.56 Å². The monoisotopic (exact) mass is 397 g/mol. The zero-order chi connectivity index (χ0) is 21.0. The third kappa shape index (κ3) is 5.04. The first kappa shape index (κ1) is 20.6. The van der Waals surface area contributed by atoms with Crippen LogP contribution in [0.5, 0.6) is 0 Å². The molecule has 1 saturated carbocycles. The van der Waals surface area contributed by atoms with Gasteiger partial charge in [0.15, 0.2) is 6.10 Å². The molecule has 0 saturated heterocycles. The molecule has 29 heavy (non-hydrogen) atoms. The second kappa shape index (κ2) is 8.94. The first-order chi connectivity index (χ1) is 13.8. The van der Waals surface area contributed by atoms with Crippen LogP contribution in [0.3, 0.4) is 0 Å². The van der Waals surface area contributed by atoms with Crippen molar-refractivity contribution >= 4 is 17.9 Å². The Balaban J connectivity index is 1.54. The molecule has 3 rings (SSSR count). The van der Waals surface area contributed by atoms with E-state index >= 15 is 0 Å². The number of nitrogens with one attached hydrogen (secondary N) is 2. The van der Waals surface area contributed by atoms with Gasteiger partial charge in [-0.15, -0.1) is 0 Å². The lowest BCUT2D eigenvalue weighted by Crippen LogP contribution is -2.47. The van der Waals surface area contributed by atoms with Crippen LogP contribution in [0, 0.1) is 13.8 Å². The highest BCUT2D eigenvalue weighted by Gasteiger charge is 2.23. The predicted octanol–water partition coefficient (Wildman–Crippen LogP) is 3.41. The van der Waals surface area contributed by atoms with Crippen LogP contribution in [0.15, 0.2) is 36.4 Å². The number of carbonyl (C=O) groups excluding carboxylic acids is 3.